The van der Waals surface area contributed by atoms with Gasteiger partial charge in [0, 0.05) is 33.1 Å². The molecule has 1 heterocycles. The van der Waals surface area contributed by atoms with E-state index < -0.39 is 48.4 Å². The van der Waals surface area contributed by atoms with Crippen molar-refractivity contribution in [3.8, 4) is 0 Å². The second-order valence-corrected chi connectivity index (χ2v) is 8.44. The van der Waals surface area contributed by atoms with Crippen LogP contribution in [0.25, 0.3) is 0 Å². The summed E-state index contributed by atoms with van der Waals surface area (Å²) < 4.78 is 27.2. The molecule has 0 unspecified atom stereocenters. The van der Waals surface area contributed by atoms with Crippen molar-refractivity contribution in [2.45, 2.75) is 79.5 Å². The van der Waals surface area contributed by atoms with Gasteiger partial charge in [0.25, 0.3) is 0 Å². The van der Waals surface area contributed by atoms with E-state index in [0.29, 0.717) is 6.42 Å². The van der Waals surface area contributed by atoms with Crippen molar-refractivity contribution in [1.29, 1.82) is 0 Å². The monoisotopic (exact) mass is 416 g/mol. The minimum atomic E-state index is -0.990. The molecule has 0 amide bonds. The maximum absolute atomic E-state index is 12.2. The topological polar surface area (TPSA) is 114 Å². The van der Waals surface area contributed by atoms with Gasteiger partial charge in [-0.05, 0) is 5.41 Å². The third-order valence-electron chi connectivity index (χ3n) is 4.14. The van der Waals surface area contributed by atoms with E-state index in [1.165, 1.54) is 20.8 Å². The van der Waals surface area contributed by atoms with Crippen molar-refractivity contribution in [2.24, 2.45) is 11.3 Å². The van der Waals surface area contributed by atoms with E-state index in [1.807, 2.05) is 20.8 Å². The van der Waals surface area contributed by atoms with Gasteiger partial charge in [-0.3, -0.25) is 19.2 Å². The largest absolute Gasteiger partial charge is 0.463 e. The lowest BCUT2D eigenvalue weighted by Crippen LogP contribution is -2.58. The summed E-state index contributed by atoms with van der Waals surface area (Å²) in [5, 5.41) is 0. The number of ketones is 1. The van der Waals surface area contributed by atoms with Gasteiger partial charge in [0.15, 0.2) is 18.2 Å². The molecule has 9 nitrogen and oxygen atoms in total. The molecule has 1 saturated heterocycles. The summed E-state index contributed by atoms with van der Waals surface area (Å²) in [6.07, 6.45) is -3.40. The Labute approximate surface area is 171 Å². The lowest BCUT2D eigenvalue weighted by Gasteiger charge is -2.43. The molecule has 0 aromatic heterocycles. The first kappa shape index (κ1) is 25.0. The third kappa shape index (κ3) is 8.91. The molecule has 1 fully saturated rings. The van der Waals surface area contributed by atoms with Crippen molar-refractivity contribution in [3.63, 3.8) is 0 Å². The zero-order chi connectivity index (χ0) is 22.4. The zero-order valence-corrected chi connectivity index (χ0v) is 18.2. The standard InChI is InChI=1S/C20H32O9/c1-11-17(27-13(3)22)18(28-14(4)23)16(10-25-12(2)21)29-19(11)26-9-15(24)8-20(5,6)7/h11,16-19H,8-10H2,1-7H3/t11-,16-,17-,18+,19-/m1/s1. The highest BCUT2D eigenvalue weighted by Gasteiger charge is 2.49. The zero-order valence-electron chi connectivity index (χ0n) is 18.2. The van der Waals surface area contributed by atoms with Crippen molar-refractivity contribution >= 4 is 23.7 Å². The van der Waals surface area contributed by atoms with Crippen LogP contribution in [0.2, 0.25) is 0 Å². The van der Waals surface area contributed by atoms with Crippen LogP contribution in [-0.2, 0) is 42.9 Å². The van der Waals surface area contributed by atoms with Crippen LogP contribution in [0, 0.1) is 11.3 Å². The fourth-order valence-corrected chi connectivity index (χ4v) is 3.08. The molecule has 29 heavy (non-hydrogen) atoms. The molecule has 0 aromatic rings. The molecule has 0 saturated carbocycles. The Morgan fingerprint density at radius 2 is 1.45 bits per heavy atom. The van der Waals surface area contributed by atoms with Crippen LogP contribution in [0.15, 0.2) is 0 Å². The third-order valence-corrected chi connectivity index (χ3v) is 4.14. The highest BCUT2D eigenvalue weighted by Crippen LogP contribution is 2.32. The van der Waals surface area contributed by atoms with Crippen LogP contribution >= 0.6 is 0 Å². The van der Waals surface area contributed by atoms with Gasteiger partial charge in [0.1, 0.15) is 25.4 Å². The first-order valence-electron chi connectivity index (χ1n) is 9.56. The maximum Gasteiger partial charge on any atom is 0.303 e. The molecule has 0 radical (unpaired) electrons. The Kier molecular flexibility index (Phi) is 9.22. The molecular formula is C20H32O9. The van der Waals surface area contributed by atoms with Gasteiger partial charge in [0.2, 0.25) is 0 Å². The van der Waals surface area contributed by atoms with Crippen LogP contribution in [0.4, 0.5) is 0 Å². The highest BCUT2D eigenvalue weighted by molar-refractivity contribution is 5.80. The summed E-state index contributed by atoms with van der Waals surface area (Å²) in [5.74, 6) is -2.36. The SMILES string of the molecule is CC(=O)OC[C@H]1O[C@@H](OCC(=O)CC(C)(C)C)[C@H](C)[C@@H](OC(C)=O)[C@H]1OC(C)=O. The van der Waals surface area contributed by atoms with Crippen molar-refractivity contribution in [1.82, 2.24) is 0 Å². The Morgan fingerprint density at radius 1 is 0.897 bits per heavy atom. The summed E-state index contributed by atoms with van der Waals surface area (Å²) in [6.45, 7) is 10.8. The number of carbonyl (C=O) groups excluding carboxylic acids is 4. The first-order chi connectivity index (χ1) is 13.3. The first-order valence-corrected chi connectivity index (χ1v) is 9.56. The van der Waals surface area contributed by atoms with Gasteiger partial charge in [-0.15, -0.1) is 0 Å². The minimum absolute atomic E-state index is 0.101. The van der Waals surface area contributed by atoms with Gasteiger partial charge < -0.3 is 23.7 Å². The molecule has 0 N–H and O–H groups in total. The number of esters is 3. The van der Waals surface area contributed by atoms with Crippen LogP contribution < -0.4 is 0 Å². The molecule has 166 valence electrons. The lowest BCUT2D eigenvalue weighted by atomic mass is 9.90. The van der Waals surface area contributed by atoms with Crippen LogP contribution in [-0.4, -0.2) is 61.5 Å². The van der Waals surface area contributed by atoms with Crippen molar-refractivity contribution in [3.05, 3.63) is 0 Å². The van der Waals surface area contributed by atoms with Gasteiger partial charge in [-0.25, -0.2) is 0 Å². The van der Waals surface area contributed by atoms with E-state index in [2.05, 4.69) is 0 Å². The second-order valence-electron chi connectivity index (χ2n) is 8.44. The van der Waals surface area contributed by atoms with E-state index in [4.69, 9.17) is 23.7 Å². The fourth-order valence-electron chi connectivity index (χ4n) is 3.08. The Balaban J connectivity index is 2.99. The summed E-state index contributed by atoms with van der Waals surface area (Å²) >= 11 is 0. The van der Waals surface area contributed by atoms with E-state index in [-0.39, 0.29) is 24.4 Å². The van der Waals surface area contributed by atoms with Crippen LogP contribution in [0.1, 0.15) is 54.9 Å². The van der Waals surface area contributed by atoms with E-state index >= 15 is 0 Å². The highest BCUT2D eigenvalue weighted by atomic mass is 16.7. The molecule has 0 aromatic carbocycles. The number of hydrogen-bond donors (Lipinski definition) is 0. The quantitative estimate of drug-likeness (QED) is 0.431. The molecule has 0 bridgehead atoms. The van der Waals surface area contributed by atoms with Crippen molar-refractivity contribution in [2.75, 3.05) is 13.2 Å². The van der Waals surface area contributed by atoms with Crippen LogP contribution in [0.5, 0.6) is 0 Å². The number of ether oxygens (including phenoxy) is 5. The van der Waals surface area contributed by atoms with E-state index in [1.54, 1.807) is 6.92 Å². The second kappa shape index (κ2) is 10.7. The van der Waals surface area contributed by atoms with Gasteiger partial charge in [-0.2, -0.15) is 0 Å². The summed E-state index contributed by atoms with van der Waals surface area (Å²) in [5.41, 5.74) is -0.182. The summed E-state index contributed by atoms with van der Waals surface area (Å²) in [4.78, 5) is 46.6. The molecule has 1 rings (SSSR count). The maximum atomic E-state index is 12.2. The molecule has 9 heteroatoms. The molecule has 5 atom stereocenters. The van der Waals surface area contributed by atoms with Crippen LogP contribution in [0.3, 0.4) is 0 Å². The molecular weight excluding hydrogens is 384 g/mol. The molecule has 1 aliphatic rings. The number of hydrogen-bond acceptors (Lipinski definition) is 9. The normalized spacial score (nSPS) is 27.1. The van der Waals surface area contributed by atoms with Gasteiger partial charge >= 0.3 is 17.9 Å². The molecule has 0 aliphatic carbocycles. The van der Waals surface area contributed by atoms with E-state index in [9.17, 15) is 19.2 Å². The molecule has 0 spiro atoms. The van der Waals surface area contributed by atoms with Crippen molar-refractivity contribution < 1.29 is 42.9 Å². The van der Waals surface area contributed by atoms with Gasteiger partial charge in [-0.1, -0.05) is 27.7 Å². The van der Waals surface area contributed by atoms with Gasteiger partial charge in [0.05, 0.1) is 0 Å². The predicted molar refractivity (Wildman–Crippen MR) is 101 cm³/mol. The number of Topliss-reactive ketones (excluding diaryl/α,β-unsaturated/α-hetero) is 1. The predicted octanol–water partition coefficient (Wildman–Crippen LogP) is 1.80. The Hall–Kier alpha value is -2.00. The summed E-state index contributed by atoms with van der Waals surface area (Å²) in [6, 6.07) is 0. The smallest absolute Gasteiger partial charge is 0.303 e. The Bertz CT molecular complexity index is 608. The average molecular weight is 416 g/mol. The van der Waals surface area contributed by atoms with E-state index in [0.717, 1.165) is 0 Å². The average Bonchev–Trinajstić information content (AvgIpc) is 2.54. The number of rotatable bonds is 8. The lowest BCUT2D eigenvalue weighted by molar-refractivity contribution is -0.287. The minimum Gasteiger partial charge on any atom is -0.463 e. The fraction of sp³-hybridized carbons (Fsp3) is 0.800. The Morgan fingerprint density at radius 3 is 1.93 bits per heavy atom. The number of carbonyl (C=O) groups is 4. The summed E-state index contributed by atoms with van der Waals surface area (Å²) in [7, 11) is 0. The molecule has 1 aliphatic heterocycles.